The maximum Gasteiger partial charge on any atom is 0.250 e. The lowest BCUT2D eigenvalue weighted by Crippen LogP contribution is -2.33. The lowest BCUT2D eigenvalue weighted by molar-refractivity contribution is -0.115. The van der Waals surface area contributed by atoms with Crippen molar-refractivity contribution in [3.8, 4) is 11.3 Å². The Kier molecular flexibility index (Phi) is 6.24. The fourth-order valence-corrected chi connectivity index (χ4v) is 3.82. The highest BCUT2D eigenvalue weighted by atomic mass is 79.9. The van der Waals surface area contributed by atoms with Crippen LogP contribution in [0.1, 0.15) is 5.76 Å². The van der Waals surface area contributed by atoms with Crippen LogP contribution >= 0.6 is 51.5 Å². The second-order valence-electron chi connectivity index (χ2n) is 6.04. The van der Waals surface area contributed by atoms with Crippen LogP contribution in [-0.2, 0) is 4.79 Å². The third kappa shape index (κ3) is 4.76. The van der Waals surface area contributed by atoms with Crippen molar-refractivity contribution in [3.63, 3.8) is 0 Å². The van der Waals surface area contributed by atoms with Gasteiger partial charge in [-0.15, -0.1) is 0 Å². The number of benzene rings is 2. The van der Waals surface area contributed by atoms with Crippen LogP contribution in [0.15, 0.2) is 63.5 Å². The van der Waals surface area contributed by atoms with Gasteiger partial charge in [-0.1, -0.05) is 39.7 Å². The van der Waals surface area contributed by atoms with Gasteiger partial charge in [0.05, 0.1) is 22.4 Å². The molecular weight excluding hydrogens is 508 g/mol. The van der Waals surface area contributed by atoms with Crippen LogP contribution in [-0.4, -0.2) is 19.8 Å². The summed E-state index contributed by atoms with van der Waals surface area (Å²) in [7, 11) is 0. The minimum absolute atomic E-state index is 0.0991. The third-order valence-corrected chi connectivity index (χ3v) is 5.60. The van der Waals surface area contributed by atoms with E-state index in [1.165, 1.54) is 6.08 Å². The first-order valence-electron chi connectivity index (χ1n) is 8.56. The van der Waals surface area contributed by atoms with Crippen LogP contribution in [0.3, 0.4) is 0 Å². The first-order valence-corrected chi connectivity index (χ1v) is 10.9. The Morgan fingerprint density at radius 3 is 2.73 bits per heavy atom. The molecule has 0 atom stereocenters. The number of anilines is 1. The molecule has 0 saturated carbocycles. The molecule has 1 amide bonds. The first-order chi connectivity index (χ1) is 14.5. The molecule has 6 nitrogen and oxygen atoms in total. The van der Waals surface area contributed by atoms with Crippen LogP contribution in [0.2, 0.25) is 5.02 Å². The number of nitrogens with zero attached hydrogens (tertiary/aromatic N) is 2. The Bertz CT molecular complexity index is 1270. The van der Waals surface area contributed by atoms with E-state index in [1.54, 1.807) is 24.3 Å². The Morgan fingerprint density at radius 1 is 1.13 bits per heavy atom. The quantitative estimate of drug-likeness (QED) is 0.258. The average Bonchev–Trinajstić information content (AvgIpc) is 3.39. The van der Waals surface area contributed by atoms with Gasteiger partial charge in [0.2, 0.25) is 5.91 Å². The molecule has 0 aliphatic carbocycles. The van der Waals surface area contributed by atoms with Crippen molar-refractivity contribution >= 4 is 85.3 Å². The molecular formula is C20H12BrClN4O2S2. The largest absolute Gasteiger partial charge is 0.457 e. The van der Waals surface area contributed by atoms with E-state index in [1.807, 2.05) is 30.3 Å². The maximum absolute atomic E-state index is 12.2. The van der Waals surface area contributed by atoms with Gasteiger partial charge in [0.25, 0.3) is 0 Å². The number of nitrogens with one attached hydrogen (secondary N) is 2. The van der Waals surface area contributed by atoms with Crippen LogP contribution in [0, 0.1) is 0 Å². The van der Waals surface area contributed by atoms with Crippen LogP contribution < -0.4 is 10.6 Å². The van der Waals surface area contributed by atoms with Crippen LogP contribution in [0.4, 0.5) is 5.69 Å². The summed E-state index contributed by atoms with van der Waals surface area (Å²) in [4.78, 5) is 12.2. The molecule has 2 N–H and O–H groups in total. The Morgan fingerprint density at radius 2 is 1.93 bits per heavy atom. The van der Waals surface area contributed by atoms with E-state index in [0.717, 1.165) is 21.8 Å². The minimum Gasteiger partial charge on any atom is -0.457 e. The van der Waals surface area contributed by atoms with Crippen molar-refractivity contribution in [2.24, 2.45) is 0 Å². The molecule has 2 aromatic heterocycles. The normalized spacial score (nSPS) is 11.1. The van der Waals surface area contributed by atoms with Gasteiger partial charge in [0, 0.05) is 16.1 Å². The van der Waals surface area contributed by atoms with E-state index in [0.29, 0.717) is 33.3 Å². The summed E-state index contributed by atoms with van der Waals surface area (Å²) in [6, 6.07) is 14.8. The summed E-state index contributed by atoms with van der Waals surface area (Å²) in [6.45, 7) is 0. The number of aromatic nitrogens is 2. The van der Waals surface area contributed by atoms with E-state index in [9.17, 15) is 4.79 Å². The van der Waals surface area contributed by atoms with E-state index < -0.39 is 5.91 Å². The lowest BCUT2D eigenvalue weighted by Gasteiger charge is -2.09. The molecule has 0 radical (unpaired) electrons. The molecule has 4 rings (SSSR count). The monoisotopic (exact) mass is 518 g/mol. The number of carbonyl (C=O) groups is 1. The van der Waals surface area contributed by atoms with Crippen LogP contribution in [0.5, 0.6) is 0 Å². The fraction of sp³-hybridized carbons (Fsp3) is 0. The van der Waals surface area contributed by atoms with Gasteiger partial charge >= 0.3 is 0 Å². The van der Waals surface area contributed by atoms with Gasteiger partial charge in [0.1, 0.15) is 22.6 Å². The van der Waals surface area contributed by atoms with Gasteiger partial charge in [-0.2, -0.15) is 8.75 Å². The number of furan rings is 1. The van der Waals surface area contributed by atoms with E-state index in [2.05, 4.69) is 35.3 Å². The van der Waals surface area contributed by atoms with Crippen molar-refractivity contribution in [2.75, 3.05) is 5.32 Å². The van der Waals surface area contributed by atoms with E-state index in [-0.39, 0.29) is 5.11 Å². The third-order valence-electron chi connectivity index (χ3n) is 4.01. The van der Waals surface area contributed by atoms with Gasteiger partial charge in [-0.05, 0) is 54.7 Å². The molecule has 2 heterocycles. The molecule has 0 unspecified atom stereocenters. The predicted molar refractivity (Wildman–Crippen MR) is 128 cm³/mol. The number of hydrogen-bond donors (Lipinski definition) is 2. The second-order valence-corrected chi connectivity index (χ2v) is 8.30. The standard InChI is InChI=1S/C20H12BrClN4O2S2/c21-12-3-1-11(2-4-12)16-9-5-13(28-16)6-10-17(27)23-20(29)24-18-14(22)7-8-15-19(18)26-30-25-15/h1-10H,(H2,23,24,27,29)/b10-6+. The van der Waals surface area contributed by atoms with E-state index >= 15 is 0 Å². The summed E-state index contributed by atoms with van der Waals surface area (Å²) in [6.07, 6.45) is 2.91. The van der Waals surface area contributed by atoms with Crippen LogP contribution in [0.25, 0.3) is 28.4 Å². The number of thiocarbonyl (C=S) groups is 1. The molecule has 4 aromatic rings. The summed E-state index contributed by atoms with van der Waals surface area (Å²) >= 11 is 15.9. The van der Waals surface area contributed by atoms with Crippen molar-refractivity contribution < 1.29 is 9.21 Å². The van der Waals surface area contributed by atoms with Crippen molar-refractivity contribution in [3.05, 3.63) is 69.9 Å². The maximum atomic E-state index is 12.2. The zero-order chi connectivity index (χ0) is 21.1. The minimum atomic E-state index is -0.409. The summed E-state index contributed by atoms with van der Waals surface area (Å²) in [5, 5.41) is 6.01. The number of halogens is 2. The number of fused-ring (bicyclic) bond motifs is 1. The zero-order valence-electron chi connectivity index (χ0n) is 15.1. The molecule has 0 saturated heterocycles. The summed E-state index contributed by atoms with van der Waals surface area (Å²) in [5.74, 6) is 0.844. The second kappa shape index (κ2) is 9.05. The van der Waals surface area contributed by atoms with Gasteiger partial charge in [0.15, 0.2) is 5.11 Å². The van der Waals surface area contributed by atoms with Gasteiger partial charge in [-0.3, -0.25) is 10.1 Å². The van der Waals surface area contributed by atoms with Crippen molar-refractivity contribution in [2.45, 2.75) is 0 Å². The Balaban J connectivity index is 1.39. The number of hydrogen-bond acceptors (Lipinski definition) is 6. The average molecular weight is 520 g/mol. The topological polar surface area (TPSA) is 80.0 Å². The zero-order valence-corrected chi connectivity index (χ0v) is 19.0. The summed E-state index contributed by atoms with van der Waals surface area (Å²) in [5.41, 5.74) is 2.73. The molecule has 0 fully saturated rings. The Hall–Kier alpha value is -2.59. The summed E-state index contributed by atoms with van der Waals surface area (Å²) < 4.78 is 15.1. The fourth-order valence-electron chi connectivity index (χ4n) is 2.61. The molecule has 0 aliphatic heterocycles. The number of amides is 1. The lowest BCUT2D eigenvalue weighted by atomic mass is 10.2. The Labute approximate surface area is 194 Å². The smallest absolute Gasteiger partial charge is 0.250 e. The molecule has 0 spiro atoms. The number of rotatable bonds is 4. The SMILES string of the molecule is O=C(/C=C/c1ccc(-c2ccc(Br)cc2)o1)NC(=S)Nc1c(Cl)ccc2nsnc12. The first kappa shape index (κ1) is 20.7. The molecule has 10 heteroatoms. The van der Waals surface area contributed by atoms with Crippen molar-refractivity contribution in [1.82, 2.24) is 14.1 Å². The van der Waals surface area contributed by atoms with E-state index in [4.69, 9.17) is 28.2 Å². The predicted octanol–water partition coefficient (Wildman–Crippen LogP) is 5.89. The van der Waals surface area contributed by atoms with Gasteiger partial charge in [-0.25, -0.2) is 0 Å². The number of carbonyl (C=O) groups excluding carboxylic acids is 1. The highest BCUT2D eigenvalue weighted by molar-refractivity contribution is 9.10. The molecule has 30 heavy (non-hydrogen) atoms. The van der Waals surface area contributed by atoms with Gasteiger partial charge < -0.3 is 9.73 Å². The van der Waals surface area contributed by atoms with Crippen molar-refractivity contribution in [1.29, 1.82) is 0 Å². The molecule has 0 bridgehead atoms. The molecule has 2 aromatic carbocycles. The highest BCUT2D eigenvalue weighted by Gasteiger charge is 2.12. The highest BCUT2D eigenvalue weighted by Crippen LogP contribution is 2.30. The molecule has 0 aliphatic rings. The molecule has 150 valence electrons.